The van der Waals surface area contributed by atoms with Gasteiger partial charge in [-0.2, -0.15) is 5.10 Å². The Balaban J connectivity index is 1.62. The highest BCUT2D eigenvalue weighted by atomic mass is 19.1. The highest BCUT2D eigenvalue weighted by Gasteiger charge is 2.15. The minimum Gasteiger partial charge on any atom is -0.460 e. The molecule has 3 N–H and O–H groups in total. The molecule has 0 fully saturated rings. The third-order valence-electron chi connectivity index (χ3n) is 3.68. The van der Waals surface area contributed by atoms with Crippen molar-refractivity contribution in [2.24, 2.45) is 0 Å². The highest BCUT2D eigenvalue weighted by molar-refractivity contribution is 5.56. The number of hydrogen-bond acceptors (Lipinski definition) is 4. The van der Waals surface area contributed by atoms with E-state index in [2.05, 4.69) is 15.5 Å². The van der Waals surface area contributed by atoms with Crippen LogP contribution in [-0.2, 0) is 6.54 Å². The second-order valence-electron chi connectivity index (χ2n) is 5.49. The number of aromatic nitrogens is 2. The number of furan rings is 1. The molecule has 126 valence electrons. The van der Waals surface area contributed by atoms with Crippen LogP contribution >= 0.6 is 0 Å². The predicted octanol–water partition coefficient (Wildman–Crippen LogP) is 3.08. The smallest absolute Gasteiger partial charge is 0.152 e. The van der Waals surface area contributed by atoms with Crippen LogP contribution in [0.2, 0.25) is 0 Å². The van der Waals surface area contributed by atoms with Crippen LogP contribution in [0.5, 0.6) is 0 Å². The minimum absolute atomic E-state index is 0.0537. The number of aliphatic hydroxyl groups is 1. The van der Waals surface area contributed by atoms with E-state index in [0.717, 1.165) is 29.2 Å². The first-order valence-corrected chi connectivity index (χ1v) is 7.47. The van der Waals surface area contributed by atoms with Gasteiger partial charge in [0.2, 0.25) is 0 Å². The van der Waals surface area contributed by atoms with E-state index in [1.807, 2.05) is 19.1 Å². The maximum absolute atomic E-state index is 13.6. The lowest BCUT2D eigenvalue weighted by molar-refractivity contribution is 0.169. The van der Waals surface area contributed by atoms with Gasteiger partial charge in [0.1, 0.15) is 23.1 Å². The molecule has 0 amide bonds. The number of aromatic amines is 1. The second-order valence-corrected chi connectivity index (χ2v) is 5.49. The molecule has 3 aromatic rings. The van der Waals surface area contributed by atoms with E-state index in [4.69, 9.17) is 4.42 Å². The lowest BCUT2D eigenvalue weighted by Crippen LogP contribution is -2.21. The first-order chi connectivity index (χ1) is 11.5. The fraction of sp³-hybridized carbons (Fsp3) is 0.235. The van der Waals surface area contributed by atoms with Gasteiger partial charge in [-0.1, -0.05) is 6.07 Å². The van der Waals surface area contributed by atoms with Gasteiger partial charge in [-0.3, -0.25) is 5.10 Å². The van der Waals surface area contributed by atoms with Crippen molar-refractivity contribution in [1.29, 1.82) is 0 Å². The fourth-order valence-electron chi connectivity index (χ4n) is 2.45. The summed E-state index contributed by atoms with van der Waals surface area (Å²) in [5, 5.41) is 19.9. The minimum atomic E-state index is -1.08. The summed E-state index contributed by atoms with van der Waals surface area (Å²) in [5.41, 5.74) is 1.66. The summed E-state index contributed by atoms with van der Waals surface area (Å²) >= 11 is 0. The lowest BCUT2D eigenvalue weighted by Gasteiger charge is -2.13. The van der Waals surface area contributed by atoms with Crippen LogP contribution in [0.25, 0.3) is 11.5 Å². The van der Waals surface area contributed by atoms with Gasteiger partial charge in [-0.25, -0.2) is 8.78 Å². The zero-order valence-corrected chi connectivity index (χ0v) is 13.0. The molecule has 0 saturated carbocycles. The maximum Gasteiger partial charge on any atom is 0.152 e. The first kappa shape index (κ1) is 16.4. The molecular formula is C17H17F2N3O2. The number of nitrogens with one attached hydrogen (secondary N) is 2. The number of benzene rings is 1. The van der Waals surface area contributed by atoms with Crippen LogP contribution in [0.15, 0.2) is 40.9 Å². The van der Waals surface area contributed by atoms with Crippen LogP contribution in [0.1, 0.15) is 23.0 Å². The molecule has 0 saturated heterocycles. The summed E-state index contributed by atoms with van der Waals surface area (Å²) in [4.78, 5) is 0. The summed E-state index contributed by atoms with van der Waals surface area (Å²) in [6.07, 6.45) is 0.581. The molecule has 5 nitrogen and oxygen atoms in total. The summed E-state index contributed by atoms with van der Waals surface area (Å²) < 4.78 is 32.1. The van der Waals surface area contributed by atoms with Crippen molar-refractivity contribution in [2.75, 3.05) is 6.54 Å². The Morgan fingerprint density at radius 1 is 1.29 bits per heavy atom. The van der Waals surface area contributed by atoms with E-state index in [1.165, 1.54) is 6.07 Å². The number of rotatable bonds is 6. The molecule has 0 radical (unpaired) electrons. The monoisotopic (exact) mass is 333 g/mol. The van der Waals surface area contributed by atoms with E-state index >= 15 is 0 Å². The number of H-pyrrole nitrogens is 1. The van der Waals surface area contributed by atoms with Crippen molar-refractivity contribution >= 4 is 0 Å². The molecule has 0 bridgehead atoms. The van der Waals surface area contributed by atoms with E-state index < -0.39 is 17.7 Å². The third kappa shape index (κ3) is 3.52. The topological polar surface area (TPSA) is 74.1 Å². The van der Waals surface area contributed by atoms with Gasteiger partial charge in [0.05, 0.1) is 12.3 Å². The number of halogens is 2. The number of aryl methyl sites for hydroxylation is 1. The van der Waals surface area contributed by atoms with Crippen molar-refractivity contribution in [3.05, 3.63) is 65.1 Å². The molecule has 1 aromatic carbocycles. The quantitative estimate of drug-likeness (QED) is 0.648. The Labute approximate surface area is 137 Å². The molecule has 0 aliphatic heterocycles. The molecule has 0 aliphatic rings. The third-order valence-corrected chi connectivity index (χ3v) is 3.68. The second kappa shape index (κ2) is 6.94. The Bertz CT molecular complexity index is 829. The van der Waals surface area contributed by atoms with Gasteiger partial charge < -0.3 is 14.8 Å². The molecule has 24 heavy (non-hydrogen) atoms. The zero-order valence-electron chi connectivity index (χ0n) is 13.0. The summed E-state index contributed by atoms with van der Waals surface area (Å²) in [6, 6.07) is 6.82. The summed E-state index contributed by atoms with van der Waals surface area (Å²) in [7, 11) is 0. The Morgan fingerprint density at radius 3 is 2.83 bits per heavy atom. The van der Waals surface area contributed by atoms with Gasteiger partial charge in [-0.15, -0.1) is 0 Å². The number of aliphatic hydroxyl groups excluding tert-OH is 1. The van der Waals surface area contributed by atoms with Gasteiger partial charge >= 0.3 is 0 Å². The number of nitrogens with zero attached hydrogens (tertiary/aromatic N) is 1. The van der Waals surface area contributed by atoms with E-state index in [1.54, 1.807) is 6.20 Å². The average molecular weight is 333 g/mol. The molecule has 2 aromatic heterocycles. The van der Waals surface area contributed by atoms with Gasteiger partial charge in [0, 0.05) is 30.3 Å². The van der Waals surface area contributed by atoms with E-state index in [-0.39, 0.29) is 12.1 Å². The predicted molar refractivity (Wildman–Crippen MR) is 84.1 cm³/mol. The van der Waals surface area contributed by atoms with Crippen molar-refractivity contribution in [1.82, 2.24) is 15.5 Å². The zero-order chi connectivity index (χ0) is 17.1. The fourth-order valence-corrected chi connectivity index (χ4v) is 2.45. The van der Waals surface area contributed by atoms with Gasteiger partial charge in [-0.05, 0) is 25.1 Å². The normalized spacial score (nSPS) is 12.5. The van der Waals surface area contributed by atoms with Crippen LogP contribution in [0.3, 0.4) is 0 Å². The average Bonchev–Trinajstić information content (AvgIpc) is 3.15. The standard InChI is InChI=1S/C17H17F2N3O2/c1-10-2-5-16(24-10)17-11(8-21-22-17)7-20-9-15(23)13-4-3-12(18)6-14(13)19/h2-6,8,15,20,23H,7,9H2,1H3,(H,21,22). The molecule has 7 heteroatoms. The van der Waals surface area contributed by atoms with Gasteiger partial charge in [0.15, 0.2) is 5.76 Å². The molecular weight excluding hydrogens is 316 g/mol. The Kier molecular flexibility index (Phi) is 4.73. The van der Waals surface area contributed by atoms with Crippen molar-refractivity contribution < 1.29 is 18.3 Å². The lowest BCUT2D eigenvalue weighted by atomic mass is 10.1. The number of hydrogen-bond donors (Lipinski definition) is 3. The van der Waals surface area contributed by atoms with Crippen molar-refractivity contribution in [2.45, 2.75) is 19.6 Å². The Hall–Kier alpha value is -2.51. The molecule has 3 rings (SSSR count). The molecule has 1 atom stereocenters. The molecule has 2 heterocycles. The largest absolute Gasteiger partial charge is 0.460 e. The molecule has 1 unspecified atom stereocenters. The summed E-state index contributed by atoms with van der Waals surface area (Å²) in [5.74, 6) is 0.0280. The molecule has 0 spiro atoms. The highest BCUT2D eigenvalue weighted by Crippen LogP contribution is 2.23. The van der Waals surface area contributed by atoms with Crippen LogP contribution in [0.4, 0.5) is 8.78 Å². The van der Waals surface area contributed by atoms with E-state index in [9.17, 15) is 13.9 Å². The van der Waals surface area contributed by atoms with Crippen molar-refractivity contribution in [3.63, 3.8) is 0 Å². The SMILES string of the molecule is Cc1ccc(-c2[nH]ncc2CNCC(O)c2ccc(F)cc2F)o1. The van der Waals surface area contributed by atoms with Gasteiger partial charge in [0.25, 0.3) is 0 Å². The van der Waals surface area contributed by atoms with Crippen LogP contribution in [-0.4, -0.2) is 21.8 Å². The van der Waals surface area contributed by atoms with Crippen LogP contribution in [0, 0.1) is 18.6 Å². The van der Waals surface area contributed by atoms with E-state index in [0.29, 0.717) is 12.3 Å². The van der Waals surface area contributed by atoms with Crippen LogP contribution < -0.4 is 5.32 Å². The molecule has 0 aliphatic carbocycles. The summed E-state index contributed by atoms with van der Waals surface area (Å²) in [6.45, 7) is 2.38. The first-order valence-electron chi connectivity index (χ1n) is 7.47. The maximum atomic E-state index is 13.6. The Morgan fingerprint density at radius 2 is 2.12 bits per heavy atom. The van der Waals surface area contributed by atoms with Crippen molar-refractivity contribution in [3.8, 4) is 11.5 Å².